The number of carbonyl (C=O) groups excluding carboxylic acids is 1. The monoisotopic (exact) mass is 179 g/mol. The van der Waals surface area contributed by atoms with Crippen LogP contribution in [0.1, 0.15) is 12.8 Å². The van der Waals surface area contributed by atoms with Crippen LogP contribution in [0.15, 0.2) is 0 Å². The van der Waals surface area contributed by atoms with Gasteiger partial charge in [0.2, 0.25) is 5.91 Å². The van der Waals surface area contributed by atoms with E-state index in [1.807, 2.05) is 0 Å². The van der Waals surface area contributed by atoms with Crippen LogP contribution in [-0.4, -0.2) is 13.3 Å². The van der Waals surface area contributed by atoms with Gasteiger partial charge in [-0.2, -0.15) is 11.1 Å². The van der Waals surface area contributed by atoms with Crippen LogP contribution in [0.5, 0.6) is 0 Å². The molecule has 0 aromatic heterocycles. The molecule has 0 heterocycles. The minimum absolute atomic E-state index is 0.227. The van der Waals surface area contributed by atoms with Crippen LogP contribution in [0.25, 0.3) is 0 Å². The van der Waals surface area contributed by atoms with Crippen molar-refractivity contribution in [1.29, 1.82) is 0 Å². The van der Waals surface area contributed by atoms with Crippen LogP contribution in [0.3, 0.4) is 0 Å². The Morgan fingerprint density at radius 3 is 2.40 bits per heavy atom. The molecule has 0 aliphatic carbocycles. The van der Waals surface area contributed by atoms with Gasteiger partial charge in [-0.3, -0.25) is 4.79 Å². The number of rotatable bonds is 4. The maximum Gasteiger partial charge on any atom is 0.217 e. The first kappa shape index (κ1) is 9.98. The van der Waals surface area contributed by atoms with Crippen LogP contribution in [0.2, 0.25) is 19.1 Å². The molecule has 0 aromatic carbocycles. The fraction of sp³-hybridized carbons (Fsp3) is 0.833. The molecule has 60 valence electrons. The largest absolute Gasteiger partial charge is 0.370 e. The van der Waals surface area contributed by atoms with Crippen molar-refractivity contribution in [2.75, 3.05) is 0 Å². The standard InChI is InChI=1S/C6H14ClNOSi/c1-10(2,7)5-3-4-6(8)9/h3-5H2,1-2H3,(H2,8,9). The van der Waals surface area contributed by atoms with E-state index in [-0.39, 0.29) is 5.91 Å². The van der Waals surface area contributed by atoms with Crippen molar-refractivity contribution >= 4 is 24.4 Å². The van der Waals surface area contributed by atoms with Gasteiger partial charge in [0.05, 0.1) is 0 Å². The smallest absolute Gasteiger partial charge is 0.217 e. The summed E-state index contributed by atoms with van der Waals surface area (Å²) < 4.78 is 0. The van der Waals surface area contributed by atoms with E-state index in [0.29, 0.717) is 6.42 Å². The van der Waals surface area contributed by atoms with Crippen molar-refractivity contribution in [3.63, 3.8) is 0 Å². The zero-order valence-electron chi connectivity index (χ0n) is 6.48. The van der Waals surface area contributed by atoms with E-state index in [2.05, 4.69) is 13.1 Å². The third-order valence-electron chi connectivity index (χ3n) is 1.19. The van der Waals surface area contributed by atoms with Crippen LogP contribution >= 0.6 is 11.1 Å². The van der Waals surface area contributed by atoms with Gasteiger partial charge in [0.1, 0.15) is 0 Å². The molecule has 0 aliphatic rings. The number of nitrogens with two attached hydrogens (primary N) is 1. The van der Waals surface area contributed by atoms with Gasteiger partial charge in [-0.15, -0.1) is 0 Å². The summed E-state index contributed by atoms with van der Waals surface area (Å²) in [5.74, 6) is -0.227. The van der Waals surface area contributed by atoms with Crippen molar-refractivity contribution in [1.82, 2.24) is 0 Å². The molecule has 0 aliphatic heterocycles. The van der Waals surface area contributed by atoms with Crippen LogP contribution < -0.4 is 5.73 Å². The second kappa shape index (κ2) is 3.98. The van der Waals surface area contributed by atoms with Gasteiger partial charge in [-0.1, -0.05) is 13.1 Å². The van der Waals surface area contributed by atoms with Crippen molar-refractivity contribution < 1.29 is 4.79 Å². The van der Waals surface area contributed by atoms with E-state index in [0.717, 1.165) is 12.5 Å². The summed E-state index contributed by atoms with van der Waals surface area (Å²) in [5, 5.41) is 0. The molecule has 4 heteroatoms. The Kier molecular flexibility index (Phi) is 3.97. The maximum atomic E-state index is 10.3. The molecule has 2 N–H and O–H groups in total. The first-order chi connectivity index (χ1) is 4.42. The maximum absolute atomic E-state index is 10.3. The van der Waals surface area contributed by atoms with Crippen LogP contribution in [-0.2, 0) is 4.79 Å². The van der Waals surface area contributed by atoms with Crippen molar-refractivity contribution in [2.24, 2.45) is 5.73 Å². The second-order valence-electron chi connectivity index (χ2n) is 3.04. The summed E-state index contributed by atoms with van der Waals surface area (Å²) in [6.07, 6.45) is 1.32. The molecule has 0 rings (SSSR count). The van der Waals surface area contributed by atoms with Crippen molar-refractivity contribution in [2.45, 2.75) is 32.0 Å². The molecular formula is C6H14ClNOSi. The van der Waals surface area contributed by atoms with Crippen LogP contribution in [0, 0.1) is 0 Å². The Bertz CT molecular complexity index is 121. The molecule has 0 radical (unpaired) electrons. The Morgan fingerprint density at radius 2 is 2.10 bits per heavy atom. The molecule has 2 nitrogen and oxygen atoms in total. The van der Waals surface area contributed by atoms with E-state index in [1.165, 1.54) is 0 Å². The van der Waals surface area contributed by atoms with Gasteiger partial charge in [0.25, 0.3) is 0 Å². The van der Waals surface area contributed by atoms with Crippen molar-refractivity contribution in [3.05, 3.63) is 0 Å². The first-order valence-electron chi connectivity index (χ1n) is 3.39. The lowest BCUT2D eigenvalue weighted by atomic mass is 10.3. The average Bonchev–Trinajstić information content (AvgIpc) is 1.59. The first-order valence-corrected chi connectivity index (χ1v) is 7.61. The molecule has 0 saturated heterocycles. The molecule has 0 atom stereocenters. The predicted molar refractivity (Wildman–Crippen MR) is 46.6 cm³/mol. The lowest BCUT2D eigenvalue weighted by molar-refractivity contribution is -0.118. The Balaban J connectivity index is 3.29. The molecule has 0 fully saturated rings. The van der Waals surface area contributed by atoms with Gasteiger partial charge in [-0.05, 0) is 12.5 Å². The second-order valence-corrected chi connectivity index (χ2v) is 10.0. The van der Waals surface area contributed by atoms with Gasteiger partial charge in [0, 0.05) is 6.42 Å². The molecular weight excluding hydrogens is 166 g/mol. The summed E-state index contributed by atoms with van der Waals surface area (Å²) in [5.41, 5.74) is 4.96. The predicted octanol–water partition coefficient (Wildman–Crippen LogP) is 1.70. The third kappa shape index (κ3) is 7.98. The highest BCUT2D eigenvalue weighted by Gasteiger charge is 2.15. The Hall–Kier alpha value is -0.0231. The van der Waals surface area contributed by atoms with E-state index >= 15 is 0 Å². The number of amides is 1. The SMILES string of the molecule is C[Si](C)(Cl)CCCC(N)=O. The summed E-state index contributed by atoms with van der Waals surface area (Å²) in [7, 11) is -1.46. The molecule has 0 aromatic rings. The van der Waals surface area contributed by atoms with E-state index in [9.17, 15) is 4.79 Å². The highest BCUT2D eigenvalue weighted by molar-refractivity contribution is 7.19. The fourth-order valence-corrected chi connectivity index (χ4v) is 2.10. The molecule has 10 heavy (non-hydrogen) atoms. The highest BCUT2D eigenvalue weighted by atomic mass is 35.6. The quantitative estimate of drug-likeness (QED) is 0.518. The highest BCUT2D eigenvalue weighted by Crippen LogP contribution is 2.16. The number of hydrogen-bond acceptors (Lipinski definition) is 1. The van der Waals surface area contributed by atoms with Crippen molar-refractivity contribution in [3.8, 4) is 0 Å². The van der Waals surface area contributed by atoms with Gasteiger partial charge >= 0.3 is 0 Å². The van der Waals surface area contributed by atoms with E-state index in [1.54, 1.807) is 0 Å². The van der Waals surface area contributed by atoms with Crippen LogP contribution in [0.4, 0.5) is 0 Å². The number of halogens is 1. The molecule has 0 unspecified atom stereocenters. The fourth-order valence-electron chi connectivity index (χ4n) is 0.683. The number of hydrogen-bond donors (Lipinski definition) is 1. The number of primary amides is 1. The lowest BCUT2D eigenvalue weighted by Gasteiger charge is -2.10. The minimum atomic E-state index is -1.46. The summed E-state index contributed by atoms with van der Waals surface area (Å²) >= 11 is 6.00. The summed E-state index contributed by atoms with van der Waals surface area (Å²) in [6.45, 7) is 4.13. The Morgan fingerprint density at radius 1 is 1.60 bits per heavy atom. The topological polar surface area (TPSA) is 43.1 Å². The van der Waals surface area contributed by atoms with Gasteiger partial charge < -0.3 is 5.73 Å². The summed E-state index contributed by atoms with van der Waals surface area (Å²) in [4.78, 5) is 10.3. The normalized spacial score (nSPS) is 11.5. The average molecular weight is 180 g/mol. The lowest BCUT2D eigenvalue weighted by Crippen LogP contribution is -2.17. The van der Waals surface area contributed by atoms with E-state index in [4.69, 9.17) is 16.8 Å². The number of carbonyl (C=O) groups is 1. The third-order valence-corrected chi connectivity index (χ3v) is 3.30. The molecule has 0 bridgehead atoms. The van der Waals surface area contributed by atoms with E-state index < -0.39 is 7.38 Å². The minimum Gasteiger partial charge on any atom is -0.370 e. The molecule has 0 saturated carbocycles. The van der Waals surface area contributed by atoms with Gasteiger partial charge in [0.15, 0.2) is 7.38 Å². The van der Waals surface area contributed by atoms with Gasteiger partial charge in [-0.25, -0.2) is 0 Å². The molecule has 0 spiro atoms. The summed E-state index contributed by atoms with van der Waals surface area (Å²) in [6, 6.07) is 0.970. The molecule has 1 amide bonds. The zero-order valence-corrected chi connectivity index (χ0v) is 8.24. The zero-order chi connectivity index (χ0) is 8.20. The Labute approximate surface area is 67.5 Å².